The zero-order chi connectivity index (χ0) is 31.1. The maximum Gasteiger partial charge on any atom is 0.363 e. The smallest absolute Gasteiger partial charge is 0.350 e. The summed E-state index contributed by atoms with van der Waals surface area (Å²) >= 11 is 1.13. The van der Waals surface area contributed by atoms with Gasteiger partial charge in [-0.3, -0.25) is 18.9 Å². The van der Waals surface area contributed by atoms with Gasteiger partial charge in [0.1, 0.15) is 12.1 Å². The van der Waals surface area contributed by atoms with Crippen LogP contribution in [-0.2, 0) is 14.2 Å². The highest BCUT2D eigenvalue weighted by molar-refractivity contribution is 7.51. The van der Waals surface area contributed by atoms with Crippen molar-refractivity contribution in [2.45, 2.75) is 75.0 Å². The van der Waals surface area contributed by atoms with Gasteiger partial charge in [0.05, 0.1) is 4.88 Å². The van der Waals surface area contributed by atoms with E-state index < -0.39 is 31.5 Å². The van der Waals surface area contributed by atoms with E-state index in [-0.39, 0.29) is 40.4 Å². The molecule has 5 atom stereocenters. The van der Waals surface area contributed by atoms with Crippen molar-refractivity contribution in [2.75, 3.05) is 27.2 Å². The van der Waals surface area contributed by atoms with Crippen molar-refractivity contribution in [1.82, 2.24) is 25.3 Å². The lowest BCUT2D eigenvalue weighted by atomic mass is 9.99. The number of fused-ring (bicyclic) bond motifs is 2. The second-order valence-corrected chi connectivity index (χ2v) is 14.5. The highest BCUT2D eigenvalue weighted by Gasteiger charge is 2.44. The number of hydrogen-bond donors (Lipinski definition) is 4. The van der Waals surface area contributed by atoms with Gasteiger partial charge in [-0.15, -0.1) is 11.3 Å². The van der Waals surface area contributed by atoms with Crippen LogP contribution >= 0.6 is 18.9 Å². The predicted molar refractivity (Wildman–Crippen MR) is 158 cm³/mol. The molecule has 1 aromatic heterocycles. The number of amides is 5. The summed E-state index contributed by atoms with van der Waals surface area (Å²) in [5, 5.41) is 6.36. The Morgan fingerprint density at radius 1 is 1.07 bits per heavy atom. The molecule has 2 aromatic rings. The van der Waals surface area contributed by atoms with E-state index in [4.69, 9.17) is 0 Å². The quantitative estimate of drug-likeness (QED) is 0.355. The van der Waals surface area contributed by atoms with E-state index in [9.17, 15) is 37.9 Å². The van der Waals surface area contributed by atoms with E-state index in [0.717, 1.165) is 30.6 Å². The summed E-state index contributed by atoms with van der Waals surface area (Å²) in [7, 11) is -1.61. The van der Waals surface area contributed by atoms with Crippen LogP contribution in [0.4, 0.5) is 9.18 Å². The molecule has 5 rings (SSSR count). The number of halogens is 1. The zero-order valence-electron chi connectivity index (χ0n) is 24.1. The monoisotopic (exact) mass is 637 g/mol. The highest BCUT2D eigenvalue weighted by atomic mass is 32.1. The molecule has 12 nitrogen and oxygen atoms in total. The molecule has 1 unspecified atom stereocenters. The van der Waals surface area contributed by atoms with Gasteiger partial charge in [-0.25, -0.2) is 9.18 Å². The number of urea groups is 1. The zero-order valence-corrected chi connectivity index (χ0v) is 25.8. The first-order chi connectivity index (χ1) is 20.3. The molecular weight excluding hydrogens is 600 g/mol. The summed E-state index contributed by atoms with van der Waals surface area (Å²) in [4.78, 5) is 76.4. The van der Waals surface area contributed by atoms with Crippen LogP contribution < -0.4 is 10.6 Å². The minimum atomic E-state index is -4.98. The molecule has 4 heterocycles. The lowest BCUT2D eigenvalue weighted by molar-refractivity contribution is -0.142. The first-order valence-electron chi connectivity index (χ1n) is 14.5. The number of carbonyl (C=O) groups is 4. The Morgan fingerprint density at radius 3 is 2.53 bits per heavy atom. The molecule has 0 saturated carbocycles. The molecule has 5 amide bonds. The van der Waals surface area contributed by atoms with Crippen molar-refractivity contribution >= 4 is 52.8 Å². The van der Waals surface area contributed by atoms with Gasteiger partial charge < -0.3 is 35.1 Å². The van der Waals surface area contributed by atoms with Crippen LogP contribution in [0.1, 0.15) is 66.1 Å². The van der Waals surface area contributed by atoms with E-state index in [2.05, 4.69) is 10.6 Å². The van der Waals surface area contributed by atoms with E-state index in [1.807, 2.05) is 0 Å². The molecule has 15 heteroatoms. The first-order valence-corrected chi connectivity index (χ1v) is 17.0. The number of benzene rings is 1. The molecule has 1 aromatic carbocycles. The minimum absolute atomic E-state index is 0.0937. The van der Waals surface area contributed by atoms with E-state index in [1.54, 1.807) is 23.9 Å². The molecule has 3 aliphatic rings. The van der Waals surface area contributed by atoms with Gasteiger partial charge in [-0.05, 0) is 61.3 Å². The summed E-state index contributed by atoms with van der Waals surface area (Å²) in [5.41, 5.74) is -0.181. The number of carbonyl (C=O) groups excluding carboxylic acids is 4. The Balaban J connectivity index is 1.27. The third-order valence-electron chi connectivity index (χ3n) is 8.47. The van der Waals surface area contributed by atoms with Crippen molar-refractivity contribution in [3.63, 3.8) is 0 Å². The fourth-order valence-corrected chi connectivity index (χ4v) is 7.80. The summed E-state index contributed by atoms with van der Waals surface area (Å²) in [5.74, 6) is -3.49. The van der Waals surface area contributed by atoms with E-state index in [1.165, 1.54) is 29.2 Å². The first kappa shape index (κ1) is 31.4. The number of alkyl halides is 1. The number of nitrogens with one attached hydrogen (secondary N) is 2. The van der Waals surface area contributed by atoms with E-state index in [0.29, 0.717) is 48.9 Å². The largest absolute Gasteiger partial charge is 0.363 e. The van der Waals surface area contributed by atoms with Crippen LogP contribution in [0.3, 0.4) is 0 Å². The maximum atomic E-state index is 14.2. The second kappa shape index (κ2) is 12.5. The van der Waals surface area contributed by atoms with E-state index >= 15 is 0 Å². The molecule has 43 heavy (non-hydrogen) atoms. The Hall–Kier alpha value is -3.06. The van der Waals surface area contributed by atoms with Gasteiger partial charge >= 0.3 is 13.6 Å². The Kier molecular flexibility index (Phi) is 9.12. The van der Waals surface area contributed by atoms with Gasteiger partial charge in [0.2, 0.25) is 17.7 Å². The lowest BCUT2D eigenvalue weighted by Crippen LogP contribution is -2.57. The summed E-state index contributed by atoms with van der Waals surface area (Å²) < 4.78 is 26.2. The molecule has 234 valence electrons. The topological polar surface area (TPSA) is 160 Å². The maximum absolute atomic E-state index is 14.2. The average Bonchev–Trinajstić information content (AvgIpc) is 3.69. The molecular formula is C28H37FN5O7PS. The predicted octanol–water partition coefficient (Wildman–Crippen LogP) is 2.95. The van der Waals surface area contributed by atoms with Crippen LogP contribution in [0, 0.1) is 0 Å². The minimum Gasteiger partial charge on any atom is -0.350 e. The highest BCUT2D eigenvalue weighted by Crippen LogP contribution is 2.53. The molecule has 4 N–H and O–H groups in total. The van der Waals surface area contributed by atoms with Crippen molar-refractivity contribution in [2.24, 2.45) is 0 Å². The fraction of sp³-hybridized carbons (Fsp3) is 0.571. The van der Waals surface area contributed by atoms with Crippen LogP contribution in [-0.4, -0.2) is 99.6 Å². The van der Waals surface area contributed by atoms with Crippen LogP contribution in [0.15, 0.2) is 24.3 Å². The van der Waals surface area contributed by atoms with Crippen molar-refractivity contribution in [3.05, 3.63) is 34.7 Å². The number of thiophene rings is 1. The van der Waals surface area contributed by atoms with Crippen LogP contribution in [0.25, 0.3) is 10.1 Å². The average molecular weight is 638 g/mol. The molecule has 0 spiro atoms. The van der Waals surface area contributed by atoms with Crippen LogP contribution in [0.2, 0.25) is 0 Å². The van der Waals surface area contributed by atoms with Crippen molar-refractivity contribution in [3.8, 4) is 0 Å². The molecule has 3 fully saturated rings. The fourth-order valence-electron chi connectivity index (χ4n) is 6.30. The van der Waals surface area contributed by atoms with Crippen molar-refractivity contribution < 1.29 is 37.9 Å². The van der Waals surface area contributed by atoms with Gasteiger partial charge in [0.15, 0.2) is 0 Å². The Labute approximate surface area is 252 Å². The molecule has 0 bridgehead atoms. The Bertz CT molecular complexity index is 1460. The number of likely N-dealkylation sites (tertiary alicyclic amines) is 1. The van der Waals surface area contributed by atoms with Gasteiger partial charge in [-0.2, -0.15) is 0 Å². The SMILES string of the molecule is CN(C)C(=O)N1CC[C@@H](NC(=O)[C@@H]2CC[C@@H]3CCCC[C@H](NC(=O)c4cc5cc(C(F)P(=O)(O)O)ccc5s4)C(=O)N32)C1. The standard InChI is InChI=1S/C28H37FN5O7PS/c1-32(2)28(38)33-12-11-18(15-33)30-25(35)21-9-8-19-5-3-4-6-20(27(37)34(19)21)31-26(36)23-14-17-13-16(7-10-22(17)43-23)24(29)42(39,40)41/h7,10,13-14,18-21,24H,3-6,8-9,11-12,15H2,1-2H3,(H,30,35)(H,31,36)(H2,39,40,41)/t18-,19+,20+,21+,24?/m1/s1. The normalized spacial score (nSPS) is 25.2. The number of hydrogen-bond acceptors (Lipinski definition) is 6. The van der Waals surface area contributed by atoms with Gasteiger partial charge in [0, 0.05) is 44.0 Å². The molecule has 3 aliphatic heterocycles. The lowest BCUT2D eigenvalue weighted by Gasteiger charge is -2.35. The van der Waals surface area contributed by atoms with Crippen molar-refractivity contribution in [1.29, 1.82) is 0 Å². The Morgan fingerprint density at radius 2 is 1.81 bits per heavy atom. The van der Waals surface area contributed by atoms with Gasteiger partial charge in [-0.1, -0.05) is 18.9 Å². The summed E-state index contributed by atoms with van der Waals surface area (Å²) in [6.45, 7) is 0.955. The second-order valence-electron chi connectivity index (χ2n) is 11.8. The number of rotatable bonds is 6. The van der Waals surface area contributed by atoms with Gasteiger partial charge in [0.25, 0.3) is 5.91 Å². The van der Waals surface area contributed by atoms with Crippen LogP contribution in [0.5, 0.6) is 0 Å². The third-order valence-corrected chi connectivity index (χ3v) is 10.5. The third kappa shape index (κ3) is 6.72. The number of nitrogens with zero attached hydrogens (tertiary/aromatic N) is 3. The molecule has 0 radical (unpaired) electrons. The molecule has 0 aliphatic carbocycles. The molecule has 3 saturated heterocycles. The summed E-state index contributed by atoms with van der Waals surface area (Å²) in [6.07, 6.45) is 4.67. The summed E-state index contributed by atoms with van der Waals surface area (Å²) in [6, 6.07) is 3.74.